The van der Waals surface area contributed by atoms with E-state index in [-0.39, 0.29) is 36.4 Å². The number of carbonyl (C=O) groups excluding carboxylic acids is 2. The van der Waals surface area contributed by atoms with Gasteiger partial charge in [0.25, 0.3) is 0 Å². The molecule has 6 N–H and O–H groups in total. The smallest absolute Gasteiger partial charge is 0.317 e. The molecular weight excluding hydrogens is 248 g/mol. The summed E-state index contributed by atoms with van der Waals surface area (Å²) in [5.74, 6) is -1.31. The first kappa shape index (κ1) is 15.6. The number of carboxylic acid groups (broad SMARTS) is 1. The van der Waals surface area contributed by atoms with Crippen LogP contribution in [0.5, 0.6) is 0 Å². The van der Waals surface area contributed by atoms with Crippen LogP contribution in [-0.4, -0.2) is 53.5 Å². The van der Waals surface area contributed by atoms with Gasteiger partial charge in [-0.2, -0.15) is 12.6 Å². The highest BCUT2D eigenvalue weighted by molar-refractivity contribution is 7.80. The number of rotatable bonds is 4. The molecule has 1 rings (SSSR count). The fourth-order valence-electron chi connectivity index (χ4n) is 0.760. The lowest BCUT2D eigenvalue weighted by molar-refractivity contribution is -0.135. The first-order chi connectivity index (χ1) is 7.92. The standard InChI is InChI=1S/C6H9N3O2S.C2H5NO2/c7-3(2-12)5(11)6-8-1-4(10)9-6;3-1-2(4)5/h3,12H,1-2,7H2,(H,8,9,10);1,3H2,(H,4,5)/t3-;/m0./s1. The van der Waals surface area contributed by atoms with Crippen molar-refractivity contribution in [2.24, 2.45) is 16.5 Å². The molecule has 0 saturated heterocycles. The lowest BCUT2D eigenvalue weighted by Crippen LogP contribution is -2.42. The minimum absolute atomic E-state index is 0.0143. The van der Waals surface area contributed by atoms with Crippen molar-refractivity contribution in [1.82, 2.24) is 5.32 Å². The molecular formula is C8H14N4O4S. The SMILES string of the molecule is NCC(=O)O.N[C@@H](CS)C(=O)C1=NCC(=O)N1. The Morgan fingerprint density at radius 3 is 2.41 bits per heavy atom. The van der Waals surface area contributed by atoms with Crippen molar-refractivity contribution in [3.05, 3.63) is 0 Å². The summed E-state index contributed by atoms with van der Waals surface area (Å²) in [6.45, 7) is -0.264. The van der Waals surface area contributed by atoms with Crippen LogP contribution in [0.1, 0.15) is 0 Å². The topological polar surface area (TPSA) is 148 Å². The normalized spacial score (nSPS) is 15.2. The van der Waals surface area contributed by atoms with Crippen LogP contribution in [0.25, 0.3) is 0 Å². The molecule has 0 aromatic carbocycles. The average Bonchev–Trinajstić information content (AvgIpc) is 2.74. The van der Waals surface area contributed by atoms with Gasteiger partial charge in [-0.05, 0) is 0 Å². The summed E-state index contributed by atoms with van der Waals surface area (Å²) < 4.78 is 0. The third kappa shape index (κ3) is 6.00. The molecule has 96 valence electrons. The molecule has 9 heteroatoms. The molecule has 1 aliphatic heterocycles. The van der Waals surface area contributed by atoms with Crippen LogP contribution in [0.4, 0.5) is 0 Å². The van der Waals surface area contributed by atoms with Crippen molar-refractivity contribution in [2.45, 2.75) is 6.04 Å². The van der Waals surface area contributed by atoms with Crippen molar-refractivity contribution in [1.29, 1.82) is 0 Å². The van der Waals surface area contributed by atoms with Gasteiger partial charge in [-0.3, -0.25) is 19.4 Å². The van der Waals surface area contributed by atoms with Gasteiger partial charge < -0.3 is 21.9 Å². The lowest BCUT2D eigenvalue weighted by Gasteiger charge is -2.05. The highest BCUT2D eigenvalue weighted by Gasteiger charge is 2.24. The van der Waals surface area contributed by atoms with E-state index in [1.54, 1.807) is 0 Å². The maximum absolute atomic E-state index is 11.2. The van der Waals surface area contributed by atoms with Crippen molar-refractivity contribution >= 4 is 36.1 Å². The fraction of sp³-hybridized carbons (Fsp3) is 0.500. The van der Waals surface area contributed by atoms with E-state index in [0.717, 1.165) is 0 Å². The van der Waals surface area contributed by atoms with Gasteiger partial charge in [-0.15, -0.1) is 0 Å². The summed E-state index contributed by atoms with van der Waals surface area (Å²) in [4.78, 5) is 34.8. The number of nitrogens with two attached hydrogens (primary N) is 2. The van der Waals surface area contributed by atoms with E-state index >= 15 is 0 Å². The molecule has 1 amide bonds. The third-order valence-corrected chi connectivity index (χ3v) is 1.97. The number of carboxylic acids is 1. The summed E-state index contributed by atoms with van der Waals surface area (Å²) in [6.07, 6.45) is 0. The molecule has 0 unspecified atom stereocenters. The highest BCUT2D eigenvalue weighted by Crippen LogP contribution is 1.93. The second-order valence-electron chi connectivity index (χ2n) is 2.96. The van der Waals surface area contributed by atoms with Crippen LogP contribution in [0.2, 0.25) is 0 Å². The largest absolute Gasteiger partial charge is 0.480 e. The van der Waals surface area contributed by atoms with E-state index < -0.39 is 12.0 Å². The number of hydrogen-bond donors (Lipinski definition) is 5. The summed E-state index contributed by atoms with van der Waals surface area (Å²) in [5, 5.41) is 9.91. The Bertz CT molecular complexity index is 344. The summed E-state index contributed by atoms with van der Waals surface area (Å²) in [5.41, 5.74) is 9.96. The highest BCUT2D eigenvalue weighted by atomic mass is 32.1. The Kier molecular flexibility index (Phi) is 7.10. The maximum atomic E-state index is 11.2. The average molecular weight is 262 g/mol. The number of carbonyl (C=O) groups is 3. The van der Waals surface area contributed by atoms with Crippen LogP contribution in [0, 0.1) is 0 Å². The van der Waals surface area contributed by atoms with Crippen LogP contribution in [0.15, 0.2) is 4.99 Å². The number of hydrogen-bond acceptors (Lipinski definition) is 7. The Morgan fingerprint density at radius 1 is 1.59 bits per heavy atom. The molecule has 17 heavy (non-hydrogen) atoms. The van der Waals surface area contributed by atoms with Gasteiger partial charge in [0.1, 0.15) is 6.54 Å². The fourth-order valence-corrected chi connectivity index (χ4v) is 0.926. The molecule has 0 saturated carbocycles. The number of nitrogens with one attached hydrogen (secondary N) is 1. The van der Waals surface area contributed by atoms with Crippen LogP contribution < -0.4 is 16.8 Å². The first-order valence-corrected chi connectivity index (χ1v) is 5.22. The zero-order valence-corrected chi connectivity index (χ0v) is 9.81. The molecule has 0 bridgehead atoms. The number of amides is 1. The zero-order valence-electron chi connectivity index (χ0n) is 8.92. The van der Waals surface area contributed by atoms with Gasteiger partial charge in [0.05, 0.1) is 12.6 Å². The molecule has 0 aromatic rings. The van der Waals surface area contributed by atoms with Crippen molar-refractivity contribution < 1.29 is 19.5 Å². The second kappa shape index (κ2) is 7.76. The number of Topliss-reactive ketones (excluding diaryl/α,β-unsaturated/α-hetero) is 1. The molecule has 0 aliphatic carbocycles. The predicted molar refractivity (Wildman–Crippen MR) is 64.0 cm³/mol. The van der Waals surface area contributed by atoms with Crippen LogP contribution >= 0.6 is 12.6 Å². The molecule has 0 radical (unpaired) electrons. The van der Waals surface area contributed by atoms with Gasteiger partial charge in [-0.25, -0.2) is 0 Å². The first-order valence-electron chi connectivity index (χ1n) is 4.59. The van der Waals surface area contributed by atoms with Gasteiger partial charge >= 0.3 is 5.97 Å². The van der Waals surface area contributed by atoms with E-state index in [2.05, 4.69) is 28.7 Å². The van der Waals surface area contributed by atoms with Gasteiger partial charge in [-0.1, -0.05) is 0 Å². The zero-order chi connectivity index (χ0) is 13.4. The van der Waals surface area contributed by atoms with Gasteiger partial charge in [0, 0.05) is 5.75 Å². The van der Waals surface area contributed by atoms with E-state index in [4.69, 9.17) is 10.8 Å². The number of amidine groups is 1. The third-order valence-electron chi connectivity index (χ3n) is 1.58. The Balaban J connectivity index is 0.000000437. The molecule has 1 atom stereocenters. The minimum Gasteiger partial charge on any atom is -0.480 e. The molecule has 0 aromatic heterocycles. The van der Waals surface area contributed by atoms with E-state index in [0.29, 0.717) is 0 Å². The van der Waals surface area contributed by atoms with E-state index in [9.17, 15) is 14.4 Å². The Morgan fingerprint density at radius 2 is 2.12 bits per heavy atom. The number of aliphatic carboxylic acids is 1. The lowest BCUT2D eigenvalue weighted by atomic mass is 10.2. The molecule has 1 heterocycles. The maximum Gasteiger partial charge on any atom is 0.317 e. The molecule has 1 aliphatic rings. The van der Waals surface area contributed by atoms with Crippen molar-refractivity contribution in [3.63, 3.8) is 0 Å². The van der Waals surface area contributed by atoms with Crippen LogP contribution in [0.3, 0.4) is 0 Å². The number of thiol groups is 1. The predicted octanol–water partition coefficient (Wildman–Crippen LogP) is -2.63. The van der Waals surface area contributed by atoms with E-state index in [1.165, 1.54) is 0 Å². The molecule has 0 fully saturated rings. The summed E-state index contributed by atoms with van der Waals surface area (Å²) in [7, 11) is 0. The van der Waals surface area contributed by atoms with Crippen molar-refractivity contribution in [3.8, 4) is 0 Å². The molecule has 0 spiro atoms. The van der Waals surface area contributed by atoms with Crippen molar-refractivity contribution in [2.75, 3.05) is 18.8 Å². The van der Waals surface area contributed by atoms with Gasteiger partial charge in [0.15, 0.2) is 5.84 Å². The second-order valence-corrected chi connectivity index (χ2v) is 3.33. The number of ketones is 1. The van der Waals surface area contributed by atoms with E-state index in [1.807, 2.05) is 0 Å². The number of aliphatic imine (C=N–C) groups is 1. The van der Waals surface area contributed by atoms with Crippen LogP contribution in [-0.2, 0) is 14.4 Å². The summed E-state index contributed by atoms with van der Waals surface area (Å²) in [6, 6.07) is -0.689. The van der Waals surface area contributed by atoms with Gasteiger partial charge in [0.2, 0.25) is 11.7 Å². The monoisotopic (exact) mass is 262 g/mol. The molecule has 8 nitrogen and oxygen atoms in total. The summed E-state index contributed by atoms with van der Waals surface area (Å²) >= 11 is 3.86. The Labute approximate surface area is 103 Å². The minimum atomic E-state index is -0.968. The number of nitrogens with zero attached hydrogens (tertiary/aromatic N) is 1. The Hall–Kier alpha value is -1.45. The quantitative estimate of drug-likeness (QED) is 0.350.